The molecule has 0 unspecified atom stereocenters. The van der Waals surface area contributed by atoms with Crippen molar-refractivity contribution in [1.29, 1.82) is 0 Å². The third-order valence-electron chi connectivity index (χ3n) is 4.57. The van der Waals surface area contributed by atoms with Crippen molar-refractivity contribution in [3.63, 3.8) is 0 Å². The predicted molar refractivity (Wildman–Crippen MR) is 114 cm³/mol. The molecule has 0 aliphatic heterocycles. The van der Waals surface area contributed by atoms with Gasteiger partial charge in [0, 0.05) is 24.4 Å². The molecule has 0 spiro atoms. The zero-order chi connectivity index (χ0) is 21.6. The third kappa shape index (κ3) is 5.47. The van der Waals surface area contributed by atoms with Gasteiger partial charge < -0.3 is 15.6 Å². The van der Waals surface area contributed by atoms with Crippen LogP contribution in [-0.2, 0) is 19.5 Å². The van der Waals surface area contributed by atoms with Gasteiger partial charge in [0.2, 0.25) is 0 Å². The highest BCUT2D eigenvalue weighted by Crippen LogP contribution is 2.12. The number of aryl methyl sites for hydroxylation is 1. The van der Waals surface area contributed by atoms with Crippen LogP contribution < -0.4 is 10.6 Å². The summed E-state index contributed by atoms with van der Waals surface area (Å²) < 4.78 is 26.5. The number of aromatic amines is 1. The van der Waals surface area contributed by atoms with Gasteiger partial charge in [0.15, 0.2) is 0 Å². The molecule has 0 radical (unpaired) electrons. The lowest BCUT2D eigenvalue weighted by Gasteiger charge is -2.04. The Kier molecular flexibility index (Phi) is 6.58. The van der Waals surface area contributed by atoms with E-state index in [4.69, 9.17) is 0 Å². The number of nitrogens with zero attached hydrogens (tertiary/aromatic N) is 3. The van der Waals surface area contributed by atoms with Gasteiger partial charge in [-0.2, -0.15) is 0 Å². The molecule has 3 heterocycles. The largest absolute Gasteiger partial charge is 0.345 e. The second kappa shape index (κ2) is 9.71. The number of carbonyl (C=O) groups is 1. The van der Waals surface area contributed by atoms with Gasteiger partial charge in [0.05, 0.1) is 29.5 Å². The van der Waals surface area contributed by atoms with Gasteiger partial charge in [-0.1, -0.05) is 12.1 Å². The molecular formula is C21H20F2N6OS. The molecule has 0 aliphatic rings. The molecule has 0 aliphatic carbocycles. The molecule has 3 aromatic heterocycles. The summed E-state index contributed by atoms with van der Waals surface area (Å²) >= 11 is 1.37. The first-order valence-electron chi connectivity index (χ1n) is 9.75. The Bertz CT molecular complexity index is 1160. The fourth-order valence-corrected chi connectivity index (χ4v) is 3.77. The van der Waals surface area contributed by atoms with Crippen LogP contribution in [0.5, 0.6) is 0 Å². The normalized spacial score (nSPS) is 11.2. The number of benzene rings is 1. The van der Waals surface area contributed by atoms with Crippen molar-refractivity contribution >= 4 is 28.3 Å². The summed E-state index contributed by atoms with van der Waals surface area (Å²) in [5.41, 5.74) is 2.23. The minimum atomic E-state index is -0.800. The lowest BCUT2D eigenvalue weighted by molar-refractivity contribution is 0.0945. The first-order valence-corrected chi connectivity index (χ1v) is 10.6. The van der Waals surface area contributed by atoms with Crippen LogP contribution >= 0.6 is 11.3 Å². The van der Waals surface area contributed by atoms with Gasteiger partial charge in [-0.15, -0.1) is 11.3 Å². The van der Waals surface area contributed by atoms with Crippen LogP contribution in [0.2, 0.25) is 0 Å². The van der Waals surface area contributed by atoms with Crippen LogP contribution in [0.4, 0.5) is 8.78 Å². The predicted octanol–water partition coefficient (Wildman–Crippen LogP) is 3.35. The minimum absolute atomic E-state index is 0.0312. The zero-order valence-corrected chi connectivity index (χ0v) is 17.3. The van der Waals surface area contributed by atoms with Gasteiger partial charge in [-0.3, -0.25) is 9.78 Å². The number of imidazole rings is 1. The third-order valence-corrected chi connectivity index (χ3v) is 5.42. The molecule has 0 fully saturated rings. The maximum absolute atomic E-state index is 13.6. The molecule has 0 saturated carbocycles. The monoisotopic (exact) mass is 442 g/mol. The number of rotatable bonds is 9. The topological polar surface area (TPSA) is 95.6 Å². The quantitative estimate of drug-likeness (QED) is 0.346. The SMILES string of the molecule is O=C(NCc1ncc(F)cc1F)c1csc(CNCCCc2nc3ccccc3[nH]2)n1. The number of hydrogen-bond donors (Lipinski definition) is 3. The highest BCUT2D eigenvalue weighted by atomic mass is 32.1. The smallest absolute Gasteiger partial charge is 0.271 e. The van der Waals surface area contributed by atoms with Crippen LogP contribution in [0, 0.1) is 11.6 Å². The minimum Gasteiger partial charge on any atom is -0.345 e. The summed E-state index contributed by atoms with van der Waals surface area (Å²) in [5, 5.41) is 8.28. The van der Waals surface area contributed by atoms with Crippen molar-refractivity contribution in [2.45, 2.75) is 25.9 Å². The number of para-hydroxylation sites is 2. The molecule has 7 nitrogen and oxygen atoms in total. The van der Waals surface area contributed by atoms with E-state index in [2.05, 4.69) is 30.6 Å². The van der Waals surface area contributed by atoms with E-state index >= 15 is 0 Å². The molecule has 1 amide bonds. The summed E-state index contributed by atoms with van der Waals surface area (Å²) in [7, 11) is 0. The van der Waals surface area contributed by atoms with Crippen LogP contribution in [0.15, 0.2) is 41.9 Å². The molecule has 4 rings (SSSR count). The molecule has 31 heavy (non-hydrogen) atoms. The van der Waals surface area contributed by atoms with Crippen LogP contribution in [0.1, 0.15) is 33.4 Å². The number of hydrogen-bond acceptors (Lipinski definition) is 6. The van der Waals surface area contributed by atoms with Crippen LogP contribution in [-0.4, -0.2) is 32.4 Å². The van der Waals surface area contributed by atoms with Crippen LogP contribution in [0.25, 0.3) is 11.0 Å². The molecule has 160 valence electrons. The Morgan fingerprint density at radius 2 is 2.03 bits per heavy atom. The Hall–Kier alpha value is -3.24. The Morgan fingerprint density at radius 3 is 2.87 bits per heavy atom. The van der Waals surface area contributed by atoms with E-state index in [0.717, 1.165) is 53.5 Å². The number of carbonyl (C=O) groups excluding carboxylic acids is 1. The van der Waals surface area contributed by atoms with E-state index in [9.17, 15) is 13.6 Å². The average molecular weight is 442 g/mol. The Balaban J connectivity index is 1.19. The Morgan fingerprint density at radius 1 is 1.16 bits per heavy atom. The van der Waals surface area contributed by atoms with Crippen molar-refractivity contribution in [2.75, 3.05) is 6.54 Å². The van der Waals surface area contributed by atoms with Gasteiger partial charge >= 0.3 is 0 Å². The highest BCUT2D eigenvalue weighted by molar-refractivity contribution is 7.09. The van der Waals surface area contributed by atoms with E-state index in [-0.39, 0.29) is 17.9 Å². The van der Waals surface area contributed by atoms with Crippen molar-refractivity contribution in [3.05, 3.63) is 75.8 Å². The van der Waals surface area contributed by atoms with Gasteiger partial charge in [-0.05, 0) is 25.1 Å². The molecular weight excluding hydrogens is 422 g/mol. The molecule has 3 N–H and O–H groups in total. The van der Waals surface area contributed by atoms with E-state index < -0.39 is 17.5 Å². The number of H-pyrrole nitrogens is 1. The molecule has 0 atom stereocenters. The van der Waals surface area contributed by atoms with Crippen molar-refractivity contribution in [2.24, 2.45) is 0 Å². The summed E-state index contributed by atoms with van der Waals surface area (Å²) in [5.74, 6) is -1.03. The first-order chi connectivity index (χ1) is 15.1. The second-order valence-corrected chi connectivity index (χ2v) is 7.81. The van der Waals surface area contributed by atoms with Crippen molar-refractivity contribution < 1.29 is 13.6 Å². The summed E-state index contributed by atoms with van der Waals surface area (Å²) in [6.45, 7) is 1.19. The lowest BCUT2D eigenvalue weighted by atomic mass is 10.3. The van der Waals surface area contributed by atoms with Crippen LogP contribution in [0.3, 0.4) is 0 Å². The number of thiazole rings is 1. The molecule has 10 heteroatoms. The number of nitrogens with one attached hydrogen (secondary N) is 3. The van der Waals surface area contributed by atoms with Gasteiger partial charge in [0.25, 0.3) is 5.91 Å². The van der Waals surface area contributed by atoms with E-state index in [1.54, 1.807) is 5.38 Å². The van der Waals surface area contributed by atoms with Gasteiger partial charge in [0.1, 0.15) is 28.2 Å². The molecule has 1 aromatic carbocycles. The number of pyridine rings is 1. The molecule has 0 bridgehead atoms. The highest BCUT2D eigenvalue weighted by Gasteiger charge is 2.12. The summed E-state index contributed by atoms with van der Waals surface area (Å²) in [6.07, 6.45) is 2.65. The van der Waals surface area contributed by atoms with E-state index in [1.807, 2.05) is 24.3 Å². The lowest BCUT2D eigenvalue weighted by Crippen LogP contribution is -2.24. The average Bonchev–Trinajstić information content (AvgIpc) is 3.39. The van der Waals surface area contributed by atoms with E-state index in [0.29, 0.717) is 6.54 Å². The number of amides is 1. The fourth-order valence-electron chi connectivity index (χ4n) is 3.02. The summed E-state index contributed by atoms with van der Waals surface area (Å²) in [4.78, 5) is 28.0. The van der Waals surface area contributed by atoms with E-state index in [1.165, 1.54) is 11.3 Å². The number of halogens is 2. The molecule has 4 aromatic rings. The fraction of sp³-hybridized carbons (Fsp3) is 0.238. The van der Waals surface area contributed by atoms with Crippen molar-refractivity contribution in [1.82, 2.24) is 30.6 Å². The number of aromatic nitrogens is 4. The zero-order valence-electron chi connectivity index (χ0n) is 16.5. The van der Waals surface area contributed by atoms with Gasteiger partial charge in [-0.25, -0.2) is 18.7 Å². The summed E-state index contributed by atoms with van der Waals surface area (Å²) in [6, 6.07) is 8.67. The maximum Gasteiger partial charge on any atom is 0.271 e. The standard InChI is InChI=1S/C21H20F2N6OS/c22-13-8-14(23)17(25-9-13)10-26-21(30)18-12-31-20(29-18)11-24-7-3-6-19-27-15-4-1-2-5-16(15)28-19/h1-2,4-5,8-9,12,24H,3,6-7,10-11H2,(H,26,30)(H,27,28). The number of fused-ring (bicyclic) bond motifs is 1. The second-order valence-electron chi connectivity index (χ2n) is 6.87. The maximum atomic E-state index is 13.6. The molecule has 0 saturated heterocycles. The van der Waals surface area contributed by atoms with Crippen molar-refractivity contribution in [3.8, 4) is 0 Å². The Labute approximate surface area is 181 Å². The first kappa shape index (κ1) is 21.0.